The molecule has 1 rings (SSSR count). The molecule has 0 bridgehead atoms. The number of methoxy groups -OCH3 is 3. The van der Waals surface area contributed by atoms with Gasteiger partial charge in [0.25, 0.3) is 5.91 Å². The first-order valence-corrected chi connectivity index (χ1v) is 5.95. The number of hydrogen-bond acceptors (Lipinski definition) is 4. The molecular formula is C14H21NO4. The summed E-state index contributed by atoms with van der Waals surface area (Å²) in [5, 5.41) is 2.88. The zero-order chi connectivity index (χ0) is 14.6. The van der Waals surface area contributed by atoms with E-state index in [1.165, 1.54) is 14.2 Å². The fourth-order valence-electron chi connectivity index (χ4n) is 1.63. The number of carbonyl (C=O) groups is 1. The van der Waals surface area contributed by atoms with Crippen LogP contribution in [-0.4, -0.2) is 32.8 Å². The Morgan fingerprint density at radius 3 is 1.79 bits per heavy atom. The van der Waals surface area contributed by atoms with Gasteiger partial charge in [0.15, 0.2) is 0 Å². The van der Waals surface area contributed by atoms with E-state index in [-0.39, 0.29) is 11.4 Å². The molecule has 0 heterocycles. The Balaban J connectivity index is 3.28. The first-order valence-electron chi connectivity index (χ1n) is 5.95. The topological polar surface area (TPSA) is 56.8 Å². The van der Waals surface area contributed by atoms with Crippen LogP contribution >= 0.6 is 0 Å². The van der Waals surface area contributed by atoms with Gasteiger partial charge < -0.3 is 19.5 Å². The van der Waals surface area contributed by atoms with Gasteiger partial charge in [-0.2, -0.15) is 0 Å². The molecule has 0 aliphatic carbocycles. The van der Waals surface area contributed by atoms with Crippen molar-refractivity contribution in [1.82, 2.24) is 5.32 Å². The minimum Gasteiger partial charge on any atom is -0.496 e. The Labute approximate surface area is 113 Å². The van der Waals surface area contributed by atoms with E-state index in [1.54, 1.807) is 19.2 Å². The van der Waals surface area contributed by atoms with E-state index in [2.05, 4.69) is 5.32 Å². The van der Waals surface area contributed by atoms with Crippen LogP contribution in [0.25, 0.3) is 0 Å². The van der Waals surface area contributed by atoms with Crippen LogP contribution in [0, 0.1) is 0 Å². The van der Waals surface area contributed by atoms with Crippen LogP contribution in [0.15, 0.2) is 12.1 Å². The number of ether oxygens (including phenoxy) is 3. The van der Waals surface area contributed by atoms with E-state index in [0.717, 1.165) is 0 Å². The molecule has 0 aliphatic heterocycles. The number of nitrogens with one attached hydrogen (secondary N) is 1. The fraction of sp³-hybridized carbons (Fsp3) is 0.500. The number of rotatable bonds is 4. The normalized spacial score (nSPS) is 10.8. The summed E-state index contributed by atoms with van der Waals surface area (Å²) in [6, 6.07) is 3.31. The van der Waals surface area contributed by atoms with E-state index >= 15 is 0 Å². The van der Waals surface area contributed by atoms with Gasteiger partial charge in [-0.05, 0) is 20.8 Å². The molecule has 0 atom stereocenters. The summed E-state index contributed by atoms with van der Waals surface area (Å²) in [7, 11) is 4.55. The maximum atomic E-state index is 12.3. The summed E-state index contributed by atoms with van der Waals surface area (Å²) in [5.41, 5.74) is 0.0215. The maximum absolute atomic E-state index is 12.3. The predicted molar refractivity (Wildman–Crippen MR) is 73.3 cm³/mol. The number of hydrogen-bond donors (Lipinski definition) is 1. The summed E-state index contributed by atoms with van der Waals surface area (Å²) in [6.45, 7) is 5.73. The summed E-state index contributed by atoms with van der Waals surface area (Å²) in [5.74, 6) is 1.15. The molecule has 5 nitrogen and oxygen atoms in total. The third-order valence-electron chi connectivity index (χ3n) is 2.43. The van der Waals surface area contributed by atoms with Crippen molar-refractivity contribution in [2.75, 3.05) is 21.3 Å². The van der Waals surface area contributed by atoms with Gasteiger partial charge >= 0.3 is 0 Å². The van der Waals surface area contributed by atoms with Crippen LogP contribution in [0.2, 0.25) is 0 Å². The minimum absolute atomic E-state index is 0.246. The van der Waals surface area contributed by atoms with Gasteiger partial charge in [0.1, 0.15) is 22.8 Å². The highest BCUT2D eigenvalue weighted by molar-refractivity contribution is 6.00. The van der Waals surface area contributed by atoms with Crippen LogP contribution in [-0.2, 0) is 0 Å². The molecule has 1 aromatic carbocycles. The van der Waals surface area contributed by atoms with Crippen molar-refractivity contribution in [3.8, 4) is 17.2 Å². The largest absolute Gasteiger partial charge is 0.496 e. The third-order valence-corrected chi connectivity index (χ3v) is 2.43. The molecule has 19 heavy (non-hydrogen) atoms. The molecule has 1 aromatic rings. The first-order chi connectivity index (χ1) is 8.82. The lowest BCUT2D eigenvalue weighted by Gasteiger charge is -2.22. The average Bonchev–Trinajstić information content (AvgIpc) is 2.34. The van der Waals surface area contributed by atoms with Crippen molar-refractivity contribution in [3.05, 3.63) is 17.7 Å². The summed E-state index contributed by atoms with van der Waals surface area (Å²) < 4.78 is 15.6. The van der Waals surface area contributed by atoms with E-state index < -0.39 is 0 Å². The fourth-order valence-corrected chi connectivity index (χ4v) is 1.63. The minimum atomic E-state index is -0.340. The monoisotopic (exact) mass is 267 g/mol. The Bertz CT molecular complexity index is 438. The van der Waals surface area contributed by atoms with Crippen LogP contribution < -0.4 is 19.5 Å². The zero-order valence-electron chi connectivity index (χ0n) is 12.3. The molecule has 0 aromatic heterocycles. The van der Waals surface area contributed by atoms with Crippen LogP contribution in [0.1, 0.15) is 31.1 Å². The van der Waals surface area contributed by atoms with Crippen molar-refractivity contribution in [1.29, 1.82) is 0 Å². The highest BCUT2D eigenvalue weighted by Crippen LogP contribution is 2.34. The molecule has 1 amide bonds. The van der Waals surface area contributed by atoms with Crippen molar-refractivity contribution in [2.24, 2.45) is 0 Å². The second-order valence-electron chi connectivity index (χ2n) is 5.11. The molecule has 0 fully saturated rings. The maximum Gasteiger partial charge on any atom is 0.259 e. The van der Waals surface area contributed by atoms with Crippen molar-refractivity contribution in [3.63, 3.8) is 0 Å². The third kappa shape index (κ3) is 3.77. The molecule has 0 aliphatic rings. The summed E-state index contributed by atoms with van der Waals surface area (Å²) in [6.07, 6.45) is 0. The Morgan fingerprint density at radius 1 is 1.00 bits per heavy atom. The lowest BCUT2D eigenvalue weighted by Crippen LogP contribution is -2.40. The van der Waals surface area contributed by atoms with E-state index in [9.17, 15) is 4.79 Å². The van der Waals surface area contributed by atoms with Gasteiger partial charge in [-0.25, -0.2) is 0 Å². The zero-order valence-corrected chi connectivity index (χ0v) is 12.3. The molecule has 106 valence electrons. The second kappa shape index (κ2) is 5.82. The van der Waals surface area contributed by atoms with E-state index in [4.69, 9.17) is 14.2 Å². The molecule has 0 saturated carbocycles. The van der Waals surface area contributed by atoms with Gasteiger partial charge in [0.05, 0.1) is 21.3 Å². The quantitative estimate of drug-likeness (QED) is 0.909. The van der Waals surface area contributed by atoms with E-state index in [0.29, 0.717) is 22.8 Å². The van der Waals surface area contributed by atoms with Gasteiger partial charge in [0, 0.05) is 17.7 Å². The molecule has 0 spiro atoms. The molecule has 0 radical (unpaired) electrons. The molecule has 1 N–H and O–H groups in total. The molecular weight excluding hydrogens is 246 g/mol. The number of benzene rings is 1. The average molecular weight is 267 g/mol. The Morgan fingerprint density at radius 2 is 1.47 bits per heavy atom. The lowest BCUT2D eigenvalue weighted by atomic mass is 10.1. The highest BCUT2D eigenvalue weighted by atomic mass is 16.5. The second-order valence-corrected chi connectivity index (χ2v) is 5.11. The smallest absolute Gasteiger partial charge is 0.259 e. The number of amides is 1. The van der Waals surface area contributed by atoms with Crippen LogP contribution in [0.3, 0.4) is 0 Å². The Hall–Kier alpha value is -1.91. The molecule has 0 unspecified atom stereocenters. The number of carbonyl (C=O) groups excluding carboxylic acids is 1. The lowest BCUT2D eigenvalue weighted by molar-refractivity contribution is 0.0913. The molecule has 5 heteroatoms. The van der Waals surface area contributed by atoms with Gasteiger partial charge in [-0.15, -0.1) is 0 Å². The van der Waals surface area contributed by atoms with Crippen LogP contribution in [0.5, 0.6) is 17.2 Å². The van der Waals surface area contributed by atoms with Gasteiger partial charge in [-0.3, -0.25) is 4.79 Å². The molecule has 0 saturated heterocycles. The van der Waals surface area contributed by atoms with Gasteiger partial charge in [0.2, 0.25) is 0 Å². The van der Waals surface area contributed by atoms with Crippen molar-refractivity contribution >= 4 is 5.91 Å². The predicted octanol–water partition coefficient (Wildman–Crippen LogP) is 2.24. The van der Waals surface area contributed by atoms with Crippen LogP contribution in [0.4, 0.5) is 0 Å². The first kappa shape index (κ1) is 15.1. The summed E-state index contributed by atoms with van der Waals surface area (Å²) in [4.78, 5) is 12.3. The van der Waals surface area contributed by atoms with E-state index in [1.807, 2.05) is 20.8 Å². The van der Waals surface area contributed by atoms with Crippen molar-refractivity contribution < 1.29 is 19.0 Å². The highest BCUT2D eigenvalue weighted by Gasteiger charge is 2.23. The standard InChI is InChI=1S/C14H21NO4/c1-14(2,3)15-13(16)12-10(18-5)7-9(17-4)8-11(12)19-6/h7-8H,1-6H3,(H,15,16). The SMILES string of the molecule is COc1cc(OC)c(C(=O)NC(C)(C)C)c(OC)c1. The summed E-state index contributed by atoms with van der Waals surface area (Å²) >= 11 is 0. The Kier molecular flexibility index (Phi) is 4.64. The van der Waals surface area contributed by atoms with Gasteiger partial charge in [-0.1, -0.05) is 0 Å². The van der Waals surface area contributed by atoms with Crippen molar-refractivity contribution in [2.45, 2.75) is 26.3 Å².